The zero-order chi connectivity index (χ0) is 14.4. The van der Waals surface area contributed by atoms with Gasteiger partial charge in [0.05, 0.1) is 0 Å². The van der Waals surface area contributed by atoms with Crippen molar-refractivity contribution in [2.45, 2.75) is 71.8 Å². The molecule has 1 aliphatic carbocycles. The molecule has 20 heavy (non-hydrogen) atoms. The first-order chi connectivity index (χ1) is 9.63. The third-order valence-corrected chi connectivity index (χ3v) is 5.22. The number of nitrogens with one attached hydrogen (secondary N) is 1. The monoisotopic (exact) mass is 280 g/mol. The largest absolute Gasteiger partial charge is 0.313 e. The Kier molecular flexibility index (Phi) is 6.83. The van der Waals surface area contributed by atoms with Crippen molar-refractivity contribution >= 4 is 0 Å². The van der Waals surface area contributed by atoms with E-state index in [0.717, 1.165) is 23.8 Å². The lowest BCUT2D eigenvalue weighted by Crippen LogP contribution is -2.39. The van der Waals surface area contributed by atoms with Gasteiger partial charge in [0, 0.05) is 12.6 Å². The molecule has 2 rings (SSSR count). The van der Waals surface area contributed by atoms with Crippen LogP contribution in [0.2, 0.25) is 0 Å². The molecule has 3 unspecified atom stereocenters. The summed E-state index contributed by atoms with van der Waals surface area (Å²) in [5, 5.41) is 3.75. The Balaban J connectivity index is 1.72. The predicted octanol–water partition coefficient (Wildman–Crippen LogP) is 3.91. The van der Waals surface area contributed by atoms with E-state index in [4.69, 9.17) is 0 Å². The van der Waals surface area contributed by atoms with E-state index >= 15 is 0 Å². The molecule has 2 nitrogen and oxygen atoms in total. The van der Waals surface area contributed by atoms with Crippen LogP contribution in [0.1, 0.15) is 65.7 Å². The van der Waals surface area contributed by atoms with Gasteiger partial charge in [0.1, 0.15) is 0 Å². The summed E-state index contributed by atoms with van der Waals surface area (Å²) in [6.45, 7) is 12.3. The van der Waals surface area contributed by atoms with Crippen molar-refractivity contribution in [3.63, 3.8) is 0 Å². The van der Waals surface area contributed by atoms with E-state index in [-0.39, 0.29) is 0 Å². The van der Waals surface area contributed by atoms with Crippen molar-refractivity contribution in [2.24, 2.45) is 17.8 Å². The molecule has 2 fully saturated rings. The van der Waals surface area contributed by atoms with Gasteiger partial charge < -0.3 is 10.2 Å². The quantitative estimate of drug-likeness (QED) is 0.821. The molecule has 0 spiro atoms. The summed E-state index contributed by atoms with van der Waals surface area (Å²) in [5.41, 5.74) is 0. The van der Waals surface area contributed by atoms with E-state index in [9.17, 15) is 0 Å². The molecule has 0 bridgehead atoms. The Labute approximate surface area is 126 Å². The SMILES string of the molecule is CC(C)CC1CN(CCC2CCCC(C)C2)CCCN1. The second-order valence-electron chi connectivity index (χ2n) is 7.86. The third-order valence-electron chi connectivity index (χ3n) is 5.22. The molecule has 2 aliphatic rings. The summed E-state index contributed by atoms with van der Waals surface area (Å²) in [7, 11) is 0. The van der Waals surface area contributed by atoms with Crippen LogP contribution in [0.5, 0.6) is 0 Å². The first kappa shape index (κ1) is 16.3. The molecule has 1 saturated heterocycles. The summed E-state index contributed by atoms with van der Waals surface area (Å²) in [6, 6.07) is 0.725. The number of hydrogen-bond acceptors (Lipinski definition) is 2. The van der Waals surface area contributed by atoms with Gasteiger partial charge in [0.2, 0.25) is 0 Å². The van der Waals surface area contributed by atoms with Gasteiger partial charge in [-0.3, -0.25) is 0 Å². The van der Waals surface area contributed by atoms with Crippen LogP contribution in [-0.2, 0) is 0 Å². The highest BCUT2D eigenvalue weighted by molar-refractivity contribution is 4.79. The number of hydrogen-bond donors (Lipinski definition) is 1. The van der Waals surface area contributed by atoms with Gasteiger partial charge in [-0.1, -0.05) is 40.0 Å². The molecule has 118 valence electrons. The molecule has 2 heteroatoms. The van der Waals surface area contributed by atoms with Gasteiger partial charge in [-0.2, -0.15) is 0 Å². The first-order valence-electron chi connectivity index (χ1n) is 9.09. The Morgan fingerprint density at radius 2 is 2.05 bits per heavy atom. The highest BCUT2D eigenvalue weighted by Crippen LogP contribution is 2.30. The minimum atomic E-state index is 0.725. The van der Waals surface area contributed by atoms with Crippen LogP contribution in [-0.4, -0.2) is 37.1 Å². The maximum absolute atomic E-state index is 3.75. The highest BCUT2D eigenvalue weighted by atomic mass is 15.2. The van der Waals surface area contributed by atoms with Crippen molar-refractivity contribution in [3.8, 4) is 0 Å². The molecule has 3 atom stereocenters. The third kappa shape index (κ3) is 5.73. The van der Waals surface area contributed by atoms with Crippen molar-refractivity contribution in [3.05, 3.63) is 0 Å². The normalized spacial score (nSPS) is 33.3. The van der Waals surface area contributed by atoms with Crippen LogP contribution in [0, 0.1) is 17.8 Å². The van der Waals surface area contributed by atoms with Crippen LogP contribution in [0.3, 0.4) is 0 Å². The summed E-state index contributed by atoms with van der Waals surface area (Å²) in [4.78, 5) is 2.74. The van der Waals surface area contributed by atoms with Gasteiger partial charge in [-0.25, -0.2) is 0 Å². The summed E-state index contributed by atoms with van der Waals surface area (Å²) in [5.74, 6) is 2.80. The molecule has 1 heterocycles. The van der Waals surface area contributed by atoms with Crippen molar-refractivity contribution in [1.29, 1.82) is 0 Å². The van der Waals surface area contributed by atoms with Crippen molar-refractivity contribution < 1.29 is 0 Å². The molecule has 0 amide bonds. The lowest BCUT2D eigenvalue weighted by molar-refractivity contribution is 0.205. The minimum Gasteiger partial charge on any atom is -0.313 e. The van der Waals surface area contributed by atoms with Crippen LogP contribution in [0.4, 0.5) is 0 Å². The molecule has 0 aromatic heterocycles. The zero-order valence-electron chi connectivity index (χ0n) is 14.0. The Bertz CT molecular complexity index is 264. The van der Waals surface area contributed by atoms with Crippen molar-refractivity contribution in [2.75, 3.05) is 26.2 Å². The Morgan fingerprint density at radius 3 is 2.80 bits per heavy atom. The average Bonchev–Trinajstić information content (AvgIpc) is 2.61. The fourth-order valence-electron chi connectivity index (χ4n) is 4.19. The molecular weight excluding hydrogens is 244 g/mol. The van der Waals surface area contributed by atoms with E-state index in [1.807, 2.05) is 0 Å². The van der Waals surface area contributed by atoms with E-state index in [2.05, 4.69) is 31.0 Å². The first-order valence-corrected chi connectivity index (χ1v) is 9.09. The molecular formula is C18H36N2. The predicted molar refractivity (Wildman–Crippen MR) is 88.0 cm³/mol. The lowest BCUT2D eigenvalue weighted by Gasteiger charge is -2.30. The van der Waals surface area contributed by atoms with Crippen molar-refractivity contribution in [1.82, 2.24) is 10.2 Å². The molecule has 1 aliphatic heterocycles. The van der Waals surface area contributed by atoms with Gasteiger partial charge in [-0.05, 0) is 63.1 Å². The van der Waals surface area contributed by atoms with E-state index in [1.165, 1.54) is 71.1 Å². The van der Waals surface area contributed by atoms with Gasteiger partial charge in [0.25, 0.3) is 0 Å². The Morgan fingerprint density at radius 1 is 1.20 bits per heavy atom. The fourth-order valence-corrected chi connectivity index (χ4v) is 4.19. The Hall–Kier alpha value is -0.0800. The summed E-state index contributed by atoms with van der Waals surface area (Å²) in [6.07, 6.45) is 10.0. The fraction of sp³-hybridized carbons (Fsp3) is 1.00. The summed E-state index contributed by atoms with van der Waals surface area (Å²) < 4.78 is 0. The maximum atomic E-state index is 3.75. The number of rotatable bonds is 5. The second kappa shape index (κ2) is 8.38. The second-order valence-corrected chi connectivity index (χ2v) is 7.86. The van der Waals surface area contributed by atoms with Gasteiger partial charge in [-0.15, -0.1) is 0 Å². The van der Waals surface area contributed by atoms with Gasteiger partial charge >= 0.3 is 0 Å². The van der Waals surface area contributed by atoms with Crippen LogP contribution < -0.4 is 5.32 Å². The standard InChI is InChI=1S/C18H36N2/c1-15(2)12-18-14-20(10-5-9-19-18)11-8-17-7-4-6-16(3)13-17/h15-19H,4-14H2,1-3H3. The lowest BCUT2D eigenvalue weighted by atomic mass is 9.81. The molecule has 1 N–H and O–H groups in total. The van der Waals surface area contributed by atoms with E-state index in [0.29, 0.717) is 0 Å². The van der Waals surface area contributed by atoms with Crippen LogP contribution >= 0.6 is 0 Å². The zero-order valence-corrected chi connectivity index (χ0v) is 14.0. The number of nitrogens with zero attached hydrogens (tertiary/aromatic N) is 1. The molecule has 0 aromatic carbocycles. The van der Waals surface area contributed by atoms with Crippen LogP contribution in [0.15, 0.2) is 0 Å². The molecule has 0 aromatic rings. The highest BCUT2D eigenvalue weighted by Gasteiger charge is 2.22. The smallest absolute Gasteiger partial charge is 0.0197 e. The van der Waals surface area contributed by atoms with E-state index in [1.54, 1.807) is 0 Å². The van der Waals surface area contributed by atoms with Gasteiger partial charge in [0.15, 0.2) is 0 Å². The average molecular weight is 280 g/mol. The van der Waals surface area contributed by atoms with E-state index < -0.39 is 0 Å². The molecule has 0 radical (unpaired) electrons. The van der Waals surface area contributed by atoms with Crippen LogP contribution in [0.25, 0.3) is 0 Å². The minimum absolute atomic E-state index is 0.725. The topological polar surface area (TPSA) is 15.3 Å². The maximum Gasteiger partial charge on any atom is 0.0197 e. The molecule has 1 saturated carbocycles. The summed E-state index contributed by atoms with van der Waals surface area (Å²) >= 11 is 0.